The highest BCUT2D eigenvalue weighted by molar-refractivity contribution is 6.47. The van der Waals surface area contributed by atoms with Crippen LogP contribution in [-0.4, -0.2) is 26.2 Å². The Hall–Kier alpha value is -3.22. The maximum atomic E-state index is 13.2. The van der Waals surface area contributed by atoms with Crippen LogP contribution in [0.15, 0.2) is 61.1 Å². The molecule has 2 aromatic heterocycles. The Kier molecular flexibility index (Phi) is 5.76. The van der Waals surface area contributed by atoms with Gasteiger partial charge in [0.2, 0.25) is 11.6 Å². The zero-order valence-electron chi connectivity index (χ0n) is 16.0. The zero-order valence-corrected chi connectivity index (χ0v) is 17.5. The topological polar surface area (TPSA) is 72.2 Å². The fourth-order valence-corrected chi connectivity index (χ4v) is 3.88. The molecule has 0 aliphatic heterocycles. The van der Waals surface area contributed by atoms with Crippen LogP contribution in [0.3, 0.4) is 0 Å². The monoisotopic (exact) mass is 456 g/mol. The van der Waals surface area contributed by atoms with Crippen molar-refractivity contribution in [1.29, 1.82) is 0 Å². The van der Waals surface area contributed by atoms with Gasteiger partial charge in [-0.05, 0) is 35.9 Å². The minimum atomic E-state index is -0.725. The lowest BCUT2D eigenvalue weighted by Crippen LogP contribution is -2.17. The first-order valence-electron chi connectivity index (χ1n) is 9.25. The highest BCUT2D eigenvalue weighted by atomic mass is 35.5. The second kappa shape index (κ2) is 8.49. The Balaban J connectivity index is 1.71. The average molecular weight is 457 g/mol. The number of ketones is 2. The van der Waals surface area contributed by atoms with Crippen molar-refractivity contribution in [2.45, 2.75) is 13.0 Å². The van der Waals surface area contributed by atoms with Gasteiger partial charge < -0.3 is 9.67 Å². The van der Waals surface area contributed by atoms with Crippen LogP contribution in [-0.2, 0) is 17.8 Å². The van der Waals surface area contributed by atoms with Gasteiger partial charge in [-0.3, -0.25) is 14.6 Å². The molecular formula is C23H15Cl2FN2O3. The maximum absolute atomic E-state index is 13.2. The number of rotatable bonds is 6. The average Bonchev–Trinajstić information content (AvgIpc) is 3.09. The number of halogens is 3. The molecule has 0 saturated heterocycles. The molecule has 0 saturated carbocycles. The van der Waals surface area contributed by atoms with Gasteiger partial charge in [-0.1, -0.05) is 35.3 Å². The molecule has 4 rings (SSSR count). The second-order valence-electron chi connectivity index (χ2n) is 7.01. The first-order valence-corrected chi connectivity index (χ1v) is 10.0. The van der Waals surface area contributed by atoms with Crippen LogP contribution in [0.4, 0.5) is 4.39 Å². The number of fused-ring (bicyclic) bond motifs is 1. The van der Waals surface area contributed by atoms with Crippen molar-refractivity contribution >= 4 is 45.7 Å². The predicted octanol–water partition coefficient (Wildman–Crippen LogP) is 5.23. The summed E-state index contributed by atoms with van der Waals surface area (Å²) in [6.45, 7) is 0.352. The van der Waals surface area contributed by atoms with Crippen molar-refractivity contribution in [3.05, 3.63) is 93.6 Å². The van der Waals surface area contributed by atoms with Crippen molar-refractivity contribution in [3.63, 3.8) is 0 Å². The lowest BCUT2D eigenvalue weighted by molar-refractivity contribution is -0.114. The molecule has 5 nitrogen and oxygen atoms in total. The highest BCUT2D eigenvalue weighted by Crippen LogP contribution is 2.28. The Morgan fingerprint density at radius 2 is 1.71 bits per heavy atom. The summed E-state index contributed by atoms with van der Waals surface area (Å²) in [5.74, 6) is -1.80. The number of phenols is 1. The fourth-order valence-electron chi connectivity index (χ4n) is 3.38. The normalized spacial score (nSPS) is 11.1. The minimum absolute atomic E-state index is 0.0336. The summed E-state index contributed by atoms with van der Waals surface area (Å²) in [4.78, 5) is 29.6. The van der Waals surface area contributed by atoms with Gasteiger partial charge in [0.1, 0.15) is 11.6 Å². The number of pyridine rings is 1. The Labute approximate surface area is 186 Å². The number of phenolic OH excluding ortho intramolecular Hbond substituents is 1. The lowest BCUT2D eigenvalue weighted by Gasteiger charge is -2.05. The van der Waals surface area contributed by atoms with E-state index in [0.717, 1.165) is 5.56 Å². The molecule has 1 N–H and O–H groups in total. The number of hydrogen-bond donors (Lipinski definition) is 1. The molecule has 0 bridgehead atoms. The molecule has 0 aliphatic rings. The van der Waals surface area contributed by atoms with E-state index in [9.17, 15) is 19.1 Å². The van der Waals surface area contributed by atoms with Gasteiger partial charge in [0.05, 0.1) is 15.6 Å². The van der Waals surface area contributed by atoms with Crippen LogP contribution >= 0.6 is 23.2 Å². The summed E-state index contributed by atoms with van der Waals surface area (Å²) in [7, 11) is 0. The highest BCUT2D eigenvalue weighted by Gasteiger charge is 2.24. The van der Waals surface area contributed by atoms with E-state index in [0.29, 0.717) is 23.0 Å². The van der Waals surface area contributed by atoms with E-state index in [1.54, 1.807) is 29.0 Å². The van der Waals surface area contributed by atoms with E-state index in [1.807, 2.05) is 0 Å². The van der Waals surface area contributed by atoms with Crippen molar-refractivity contribution in [3.8, 4) is 5.75 Å². The number of hydrogen-bond acceptors (Lipinski definition) is 4. The summed E-state index contributed by atoms with van der Waals surface area (Å²) in [5.41, 5.74) is 1.94. The number of aromatic hydroxyl groups is 1. The van der Waals surface area contributed by atoms with E-state index in [4.69, 9.17) is 23.2 Å². The van der Waals surface area contributed by atoms with E-state index >= 15 is 0 Å². The summed E-state index contributed by atoms with van der Waals surface area (Å²) >= 11 is 12.1. The van der Waals surface area contributed by atoms with Gasteiger partial charge in [-0.25, -0.2) is 4.39 Å². The smallest absolute Gasteiger partial charge is 0.231 e. The van der Waals surface area contributed by atoms with Crippen LogP contribution in [0, 0.1) is 5.82 Å². The molecule has 0 fully saturated rings. The van der Waals surface area contributed by atoms with Crippen LogP contribution in [0.25, 0.3) is 10.9 Å². The fraction of sp³-hybridized carbons (Fsp3) is 0.0870. The molecule has 0 spiro atoms. The quantitative estimate of drug-likeness (QED) is 0.318. The maximum Gasteiger partial charge on any atom is 0.231 e. The van der Waals surface area contributed by atoms with Gasteiger partial charge in [-0.2, -0.15) is 0 Å². The third-order valence-corrected chi connectivity index (χ3v) is 5.57. The number of benzene rings is 2. The summed E-state index contributed by atoms with van der Waals surface area (Å²) < 4.78 is 15.0. The van der Waals surface area contributed by atoms with E-state index < -0.39 is 11.6 Å². The van der Waals surface area contributed by atoms with Crippen LogP contribution in [0.2, 0.25) is 10.0 Å². The minimum Gasteiger partial charge on any atom is -0.508 e. The first kappa shape index (κ1) is 21.0. The summed E-state index contributed by atoms with van der Waals surface area (Å²) in [6.07, 6.45) is 3.99. The van der Waals surface area contributed by atoms with Gasteiger partial charge in [0.15, 0.2) is 0 Å². The Bertz CT molecular complexity index is 1300. The lowest BCUT2D eigenvalue weighted by atomic mass is 10.0. The largest absolute Gasteiger partial charge is 0.508 e. The van der Waals surface area contributed by atoms with E-state index in [1.165, 1.54) is 36.7 Å². The van der Waals surface area contributed by atoms with Gasteiger partial charge >= 0.3 is 0 Å². The molecule has 0 aliphatic carbocycles. The first-order chi connectivity index (χ1) is 14.8. The summed E-state index contributed by atoms with van der Waals surface area (Å²) in [5, 5.41) is 10.8. The van der Waals surface area contributed by atoms with E-state index in [-0.39, 0.29) is 33.6 Å². The SMILES string of the molecule is O=C(Cc1c(Cl)cncc1Cl)C(=O)c1cn(Cc2ccc(F)cc2)c2ccc(O)cc12. The Morgan fingerprint density at radius 3 is 2.39 bits per heavy atom. The van der Waals surface area contributed by atoms with Crippen molar-refractivity contribution < 1.29 is 19.1 Å². The van der Waals surface area contributed by atoms with Gasteiger partial charge in [0.25, 0.3) is 0 Å². The van der Waals surface area contributed by atoms with Crippen LogP contribution in [0.5, 0.6) is 5.75 Å². The third kappa shape index (κ3) is 4.31. The number of aromatic nitrogens is 2. The molecule has 0 radical (unpaired) electrons. The molecular weight excluding hydrogens is 442 g/mol. The number of nitrogens with zero attached hydrogens (tertiary/aromatic N) is 2. The number of Topliss-reactive ketones (excluding diaryl/α,β-unsaturated/α-hetero) is 2. The van der Waals surface area contributed by atoms with E-state index in [2.05, 4.69) is 4.98 Å². The molecule has 0 unspecified atom stereocenters. The van der Waals surface area contributed by atoms with Crippen molar-refractivity contribution in [1.82, 2.24) is 9.55 Å². The standard InChI is InChI=1S/C23H15Cl2FN2O3/c24-19-9-27-10-20(25)17(19)8-22(30)23(31)18-12-28(11-13-1-3-14(26)4-2-13)21-6-5-15(29)7-16(18)21/h1-7,9-10,12,29H,8,11H2. The van der Waals surface area contributed by atoms with Crippen LogP contribution < -0.4 is 0 Å². The zero-order chi connectivity index (χ0) is 22.1. The number of carbonyl (C=O) groups is 2. The Morgan fingerprint density at radius 1 is 1.03 bits per heavy atom. The molecule has 156 valence electrons. The summed E-state index contributed by atoms with van der Waals surface area (Å²) in [6, 6.07) is 10.6. The molecule has 0 atom stereocenters. The molecule has 2 aromatic carbocycles. The molecule has 31 heavy (non-hydrogen) atoms. The van der Waals surface area contributed by atoms with Gasteiger partial charge in [-0.15, -0.1) is 0 Å². The molecule has 2 heterocycles. The molecule has 0 amide bonds. The van der Waals surface area contributed by atoms with Crippen molar-refractivity contribution in [2.75, 3.05) is 0 Å². The predicted molar refractivity (Wildman–Crippen MR) is 116 cm³/mol. The molecule has 8 heteroatoms. The molecule has 4 aromatic rings. The van der Waals surface area contributed by atoms with Gasteiger partial charge in [0, 0.05) is 48.0 Å². The number of carbonyl (C=O) groups excluding carboxylic acids is 2. The second-order valence-corrected chi connectivity index (χ2v) is 7.82. The third-order valence-electron chi connectivity index (χ3n) is 4.92. The van der Waals surface area contributed by atoms with Crippen LogP contribution in [0.1, 0.15) is 21.5 Å². The van der Waals surface area contributed by atoms with Crippen molar-refractivity contribution in [2.24, 2.45) is 0 Å².